The lowest BCUT2D eigenvalue weighted by atomic mass is 9.97. The molecule has 1 atom stereocenters. The second kappa shape index (κ2) is 6.62. The molecule has 0 saturated carbocycles. The van der Waals surface area contributed by atoms with Crippen LogP contribution in [-0.2, 0) is 14.3 Å². The number of halogens is 2. The fourth-order valence-corrected chi connectivity index (χ4v) is 1.71. The Morgan fingerprint density at radius 1 is 1.41 bits per heavy atom. The number of esters is 1. The van der Waals surface area contributed by atoms with Crippen molar-refractivity contribution in [2.75, 3.05) is 6.61 Å². The number of hydrogen-bond donors (Lipinski definition) is 0. The summed E-state index contributed by atoms with van der Waals surface area (Å²) < 4.78 is 4.91. The van der Waals surface area contributed by atoms with E-state index in [2.05, 4.69) is 0 Å². The second-order valence-electron chi connectivity index (χ2n) is 3.58. The number of hydrogen-bond acceptors (Lipinski definition) is 3. The molecule has 0 radical (unpaired) electrons. The van der Waals surface area contributed by atoms with Crippen LogP contribution in [-0.4, -0.2) is 18.9 Å². The Bertz CT molecular complexity index is 418. The molecule has 92 valence electrons. The van der Waals surface area contributed by atoms with Gasteiger partial charge in [-0.25, -0.2) is 0 Å². The van der Waals surface area contributed by atoms with Crippen molar-refractivity contribution in [1.82, 2.24) is 0 Å². The molecule has 3 nitrogen and oxygen atoms in total. The van der Waals surface area contributed by atoms with Gasteiger partial charge in [0.1, 0.15) is 6.29 Å². The maximum atomic E-state index is 10.7. The molecule has 1 aromatic carbocycles. The smallest absolute Gasteiger partial charge is 0.302 e. The van der Waals surface area contributed by atoms with E-state index < -0.39 is 0 Å². The molecular formula is C12H12Cl2O3. The summed E-state index contributed by atoms with van der Waals surface area (Å²) in [7, 11) is 0. The Morgan fingerprint density at radius 2 is 2.12 bits per heavy atom. The third kappa shape index (κ3) is 4.36. The Labute approximate surface area is 110 Å². The minimum Gasteiger partial charge on any atom is -0.465 e. The van der Waals surface area contributed by atoms with Crippen LogP contribution in [0, 0.1) is 0 Å². The molecule has 1 rings (SSSR count). The zero-order chi connectivity index (χ0) is 12.8. The van der Waals surface area contributed by atoms with Crippen molar-refractivity contribution in [2.24, 2.45) is 0 Å². The minimum atomic E-state index is -0.374. The van der Waals surface area contributed by atoms with Gasteiger partial charge in [0, 0.05) is 19.3 Å². The fourth-order valence-electron chi connectivity index (χ4n) is 1.40. The first-order chi connectivity index (χ1) is 8.04. The van der Waals surface area contributed by atoms with E-state index in [0.717, 1.165) is 11.8 Å². The summed E-state index contributed by atoms with van der Waals surface area (Å²) in [5, 5.41) is 0.871. The molecule has 0 aliphatic heterocycles. The Morgan fingerprint density at radius 3 is 2.65 bits per heavy atom. The van der Waals surface area contributed by atoms with Crippen LogP contribution in [0.4, 0.5) is 0 Å². The molecule has 0 heterocycles. The monoisotopic (exact) mass is 274 g/mol. The maximum absolute atomic E-state index is 10.7. The van der Waals surface area contributed by atoms with E-state index in [4.69, 9.17) is 27.9 Å². The quantitative estimate of drug-likeness (QED) is 0.612. The van der Waals surface area contributed by atoms with Crippen molar-refractivity contribution in [1.29, 1.82) is 0 Å². The van der Waals surface area contributed by atoms with Crippen molar-refractivity contribution in [3.8, 4) is 0 Å². The number of ether oxygens (including phenoxy) is 1. The molecule has 0 saturated heterocycles. The van der Waals surface area contributed by atoms with Crippen molar-refractivity contribution >= 4 is 35.5 Å². The van der Waals surface area contributed by atoms with E-state index in [0.29, 0.717) is 10.0 Å². The van der Waals surface area contributed by atoms with Crippen molar-refractivity contribution in [2.45, 2.75) is 19.3 Å². The zero-order valence-corrected chi connectivity index (χ0v) is 10.8. The fraction of sp³-hybridized carbons (Fsp3) is 0.333. The summed E-state index contributed by atoms with van der Waals surface area (Å²) in [4.78, 5) is 21.3. The summed E-state index contributed by atoms with van der Waals surface area (Å²) >= 11 is 11.7. The highest BCUT2D eigenvalue weighted by atomic mass is 35.5. The number of rotatable bonds is 5. The van der Waals surface area contributed by atoms with Crippen molar-refractivity contribution in [3.05, 3.63) is 33.8 Å². The molecule has 5 heteroatoms. The van der Waals surface area contributed by atoms with E-state index in [1.807, 2.05) is 0 Å². The number of carbonyl (C=O) groups excluding carboxylic acids is 2. The topological polar surface area (TPSA) is 43.4 Å². The number of carbonyl (C=O) groups is 2. The molecule has 0 N–H and O–H groups in total. The average Bonchev–Trinajstić information content (AvgIpc) is 2.28. The van der Waals surface area contributed by atoms with Gasteiger partial charge in [0.25, 0.3) is 0 Å². The molecule has 17 heavy (non-hydrogen) atoms. The van der Waals surface area contributed by atoms with Gasteiger partial charge >= 0.3 is 5.97 Å². The van der Waals surface area contributed by atoms with Gasteiger partial charge in [0.2, 0.25) is 0 Å². The third-order valence-corrected chi connectivity index (χ3v) is 3.02. The van der Waals surface area contributed by atoms with E-state index in [1.54, 1.807) is 18.2 Å². The minimum absolute atomic E-state index is 0.159. The van der Waals surface area contributed by atoms with E-state index in [9.17, 15) is 9.59 Å². The number of benzene rings is 1. The lowest BCUT2D eigenvalue weighted by molar-refractivity contribution is -0.141. The van der Waals surface area contributed by atoms with Crippen molar-refractivity contribution < 1.29 is 14.3 Å². The molecule has 0 aliphatic rings. The zero-order valence-electron chi connectivity index (χ0n) is 9.28. The van der Waals surface area contributed by atoms with Gasteiger partial charge in [-0.1, -0.05) is 29.3 Å². The predicted octanol–water partition coefficient (Wildman–Crippen LogP) is 3.23. The van der Waals surface area contributed by atoms with Crippen LogP contribution in [0.25, 0.3) is 0 Å². The van der Waals surface area contributed by atoms with Gasteiger partial charge in [0.15, 0.2) is 0 Å². The largest absolute Gasteiger partial charge is 0.465 e. The van der Waals surface area contributed by atoms with Crippen molar-refractivity contribution in [3.63, 3.8) is 0 Å². The maximum Gasteiger partial charge on any atom is 0.302 e. The van der Waals surface area contributed by atoms with E-state index in [1.165, 1.54) is 6.92 Å². The average molecular weight is 275 g/mol. The third-order valence-electron chi connectivity index (χ3n) is 2.28. The van der Waals surface area contributed by atoms with Gasteiger partial charge in [-0.15, -0.1) is 0 Å². The van der Waals surface area contributed by atoms with Gasteiger partial charge in [-0.2, -0.15) is 0 Å². The standard InChI is InChI=1S/C12H12Cl2O3/c1-8(16)17-7-10(4-5-15)9-2-3-11(13)12(14)6-9/h2-3,5-6,10H,4,7H2,1H3. The molecule has 0 amide bonds. The molecule has 0 bridgehead atoms. The van der Waals surface area contributed by atoms with Crippen LogP contribution in [0.15, 0.2) is 18.2 Å². The summed E-state index contributed by atoms with van der Waals surface area (Å²) in [5.74, 6) is -0.563. The number of aldehydes is 1. The first-order valence-electron chi connectivity index (χ1n) is 5.06. The van der Waals surface area contributed by atoms with Gasteiger partial charge < -0.3 is 9.53 Å². The van der Waals surface area contributed by atoms with Crippen LogP contribution in [0.2, 0.25) is 10.0 Å². The van der Waals surface area contributed by atoms with Gasteiger partial charge in [-0.05, 0) is 17.7 Å². The molecule has 1 aromatic rings. The van der Waals surface area contributed by atoms with E-state index >= 15 is 0 Å². The molecule has 0 spiro atoms. The molecule has 1 unspecified atom stereocenters. The highest BCUT2D eigenvalue weighted by molar-refractivity contribution is 6.42. The molecular weight excluding hydrogens is 263 g/mol. The van der Waals surface area contributed by atoms with Gasteiger partial charge in [0.05, 0.1) is 16.7 Å². The van der Waals surface area contributed by atoms with Crippen LogP contribution in [0.3, 0.4) is 0 Å². The lowest BCUT2D eigenvalue weighted by Gasteiger charge is -2.15. The molecule has 0 aromatic heterocycles. The van der Waals surface area contributed by atoms with Gasteiger partial charge in [-0.3, -0.25) is 4.79 Å². The predicted molar refractivity (Wildman–Crippen MR) is 66.5 cm³/mol. The first kappa shape index (κ1) is 14.0. The summed E-state index contributed by atoms with van der Waals surface area (Å²) in [5.41, 5.74) is 0.827. The highest BCUT2D eigenvalue weighted by Gasteiger charge is 2.14. The SMILES string of the molecule is CC(=O)OCC(CC=O)c1ccc(Cl)c(Cl)c1. The van der Waals surface area contributed by atoms with Crippen LogP contribution >= 0.6 is 23.2 Å². The summed E-state index contributed by atoms with van der Waals surface area (Å²) in [6, 6.07) is 5.11. The Hall–Kier alpha value is -1.06. The first-order valence-corrected chi connectivity index (χ1v) is 5.82. The lowest BCUT2D eigenvalue weighted by Crippen LogP contribution is -2.11. The highest BCUT2D eigenvalue weighted by Crippen LogP contribution is 2.27. The summed E-state index contributed by atoms with van der Waals surface area (Å²) in [6.45, 7) is 1.48. The van der Waals surface area contributed by atoms with Crippen LogP contribution < -0.4 is 0 Å². The second-order valence-corrected chi connectivity index (χ2v) is 4.39. The normalized spacial score (nSPS) is 11.9. The molecule has 0 fully saturated rings. The van der Waals surface area contributed by atoms with Crippen LogP contribution in [0.1, 0.15) is 24.8 Å². The Kier molecular flexibility index (Phi) is 5.45. The van der Waals surface area contributed by atoms with E-state index in [-0.39, 0.29) is 24.9 Å². The Balaban J connectivity index is 2.84. The summed E-state index contributed by atoms with van der Waals surface area (Å²) in [6.07, 6.45) is 1.06. The van der Waals surface area contributed by atoms with Crippen LogP contribution in [0.5, 0.6) is 0 Å². The molecule has 0 aliphatic carbocycles.